The molecule has 0 radical (unpaired) electrons. The van der Waals surface area contributed by atoms with Crippen molar-refractivity contribution in [2.45, 2.75) is 45.6 Å². The summed E-state index contributed by atoms with van der Waals surface area (Å²) in [5.74, 6) is 0.388. The fourth-order valence-electron chi connectivity index (χ4n) is 2.96. The molecule has 1 saturated carbocycles. The predicted octanol–water partition coefficient (Wildman–Crippen LogP) is 4.02. The molecule has 0 aromatic heterocycles. The molecule has 1 aliphatic rings. The lowest BCUT2D eigenvalue weighted by atomic mass is 9.88. The van der Waals surface area contributed by atoms with Gasteiger partial charge in [0.05, 0.1) is 23.4 Å². The molecule has 2 atom stereocenters. The van der Waals surface area contributed by atoms with Gasteiger partial charge in [-0.2, -0.15) is 0 Å². The van der Waals surface area contributed by atoms with Crippen molar-refractivity contribution >= 4 is 34.9 Å². The van der Waals surface area contributed by atoms with E-state index in [2.05, 4.69) is 22.9 Å². The van der Waals surface area contributed by atoms with Crippen molar-refractivity contribution in [2.24, 2.45) is 5.92 Å². The van der Waals surface area contributed by atoms with E-state index in [1.165, 1.54) is 26.2 Å². The Morgan fingerprint density at radius 3 is 2.68 bits per heavy atom. The van der Waals surface area contributed by atoms with Gasteiger partial charge in [0.2, 0.25) is 5.91 Å². The van der Waals surface area contributed by atoms with Crippen molar-refractivity contribution in [3.8, 4) is 0 Å². The second kappa shape index (κ2) is 9.63. The van der Waals surface area contributed by atoms with Gasteiger partial charge in [-0.25, -0.2) is 4.79 Å². The number of anilines is 2. The van der Waals surface area contributed by atoms with Crippen LogP contribution in [0.5, 0.6) is 0 Å². The Hall–Kier alpha value is -1.79. The summed E-state index contributed by atoms with van der Waals surface area (Å²) in [6.07, 6.45) is 5.13. The third-order valence-electron chi connectivity index (χ3n) is 4.29. The minimum absolute atomic E-state index is 0.201. The number of carbonyl (C=O) groups excluding carboxylic acids is 2. The second-order valence-electron chi connectivity index (χ2n) is 6.43. The molecule has 138 valence electrons. The molecule has 25 heavy (non-hydrogen) atoms. The highest BCUT2D eigenvalue weighted by molar-refractivity contribution is 6.34. The highest BCUT2D eigenvalue weighted by Gasteiger charge is 2.21. The normalized spacial score (nSPS) is 20.0. The third-order valence-corrected chi connectivity index (χ3v) is 4.60. The lowest BCUT2D eigenvalue weighted by molar-refractivity contribution is -0.114. The van der Waals surface area contributed by atoms with Gasteiger partial charge in [-0.3, -0.25) is 4.79 Å². The maximum absolute atomic E-state index is 11.9. The maximum atomic E-state index is 11.9. The first kappa shape index (κ1) is 19.5. The molecule has 0 bridgehead atoms. The first-order valence-electron chi connectivity index (χ1n) is 8.69. The molecule has 6 nitrogen and oxygen atoms in total. The summed E-state index contributed by atoms with van der Waals surface area (Å²) in [6.45, 7) is 4.59. The van der Waals surface area contributed by atoms with E-state index in [0.29, 0.717) is 41.6 Å². The van der Waals surface area contributed by atoms with Crippen molar-refractivity contribution in [1.29, 1.82) is 0 Å². The van der Waals surface area contributed by atoms with E-state index in [-0.39, 0.29) is 11.9 Å². The van der Waals surface area contributed by atoms with Gasteiger partial charge in [-0.05, 0) is 37.0 Å². The zero-order valence-electron chi connectivity index (χ0n) is 14.7. The van der Waals surface area contributed by atoms with Gasteiger partial charge in [-0.15, -0.1) is 0 Å². The van der Waals surface area contributed by atoms with Crippen LogP contribution >= 0.6 is 11.6 Å². The molecule has 1 fully saturated rings. The van der Waals surface area contributed by atoms with Crippen LogP contribution in [-0.4, -0.2) is 31.2 Å². The van der Waals surface area contributed by atoms with Gasteiger partial charge < -0.3 is 20.7 Å². The van der Waals surface area contributed by atoms with E-state index < -0.39 is 0 Å². The summed E-state index contributed by atoms with van der Waals surface area (Å²) < 4.78 is 5.86. The molecular weight excluding hydrogens is 342 g/mol. The minimum atomic E-state index is -0.316. The molecule has 2 unspecified atom stereocenters. The first-order valence-corrected chi connectivity index (χ1v) is 9.07. The van der Waals surface area contributed by atoms with Crippen LogP contribution in [0.4, 0.5) is 16.2 Å². The first-order chi connectivity index (χ1) is 12.0. The summed E-state index contributed by atoms with van der Waals surface area (Å²) in [7, 11) is 0. The van der Waals surface area contributed by atoms with E-state index in [9.17, 15) is 9.59 Å². The molecule has 1 aromatic rings. The number of ether oxygens (including phenoxy) is 1. The van der Waals surface area contributed by atoms with Crippen molar-refractivity contribution in [3.05, 3.63) is 23.2 Å². The fraction of sp³-hybridized carbons (Fsp3) is 0.556. The Morgan fingerprint density at radius 1 is 1.24 bits per heavy atom. The molecule has 1 aliphatic carbocycles. The Morgan fingerprint density at radius 2 is 2.00 bits per heavy atom. The smallest absolute Gasteiger partial charge is 0.319 e. The van der Waals surface area contributed by atoms with E-state index in [0.717, 1.165) is 6.42 Å². The van der Waals surface area contributed by atoms with Gasteiger partial charge in [0.1, 0.15) is 0 Å². The van der Waals surface area contributed by atoms with Gasteiger partial charge in [0.15, 0.2) is 0 Å². The van der Waals surface area contributed by atoms with Crippen LogP contribution < -0.4 is 16.0 Å². The number of carbonyl (C=O) groups is 2. The van der Waals surface area contributed by atoms with E-state index in [1.54, 1.807) is 18.2 Å². The van der Waals surface area contributed by atoms with Crippen molar-refractivity contribution in [2.75, 3.05) is 23.8 Å². The summed E-state index contributed by atoms with van der Waals surface area (Å²) in [4.78, 5) is 23.0. The number of urea groups is 1. The standard InChI is InChI=1S/C18H26ClN3O3/c1-12-5-3-4-6-17(12)25-10-9-20-18(24)22-14-7-8-16(15(19)11-14)21-13(2)23/h7-8,11-12,17H,3-6,9-10H2,1-2H3,(H,21,23)(H2,20,22,24). The summed E-state index contributed by atoms with van der Waals surface area (Å²) in [5.41, 5.74) is 1.06. The number of nitrogens with one attached hydrogen (secondary N) is 3. The SMILES string of the molecule is CC(=O)Nc1ccc(NC(=O)NCCOC2CCCCC2C)cc1Cl. The van der Waals surface area contributed by atoms with E-state index >= 15 is 0 Å². The summed E-state index contributed by atoms with van der Waals surface area (Å²) >= 11 is 6.08. The molecule has 3 N–H and O–H groups in total. The summed E-state index contributed by atoms with van der Waals surface area (Å²) in [5, 5.41) is 8.45. The molecule has 2 rings (SSSR count). The lowest BCUT2D eigenvalue weighted by Crippen LogP contribution is -2.34. The van der Waals surface area contributed by atoms with Gasteiger partial charge in [0.25, 0.3) is 0 Å². The Labute approximate surface area is 153 Å². The van der Waals surface area contributed by atoms with Crippen LogP contribution in [0.2, 0.25) is 5.02 Å². The quantitative estimate of drug-likeness (QED) is 0.664. The zero-order chi connectivity index (χ0) is 18.2. The highest BCUT2D eigenvalue weighted by Crippen LogP contribution is 2.26. The average molecular weight is 368 g/mol. The fourth-order valence-corrected chi connectivity index (χ4v) is 3.19. The van der Waals surface area contributed by atoms with Crippen molar-refractivity contribution < 1.29 is 14.3 Å². The number of halogens is 1. The maximum Gasteiger partial charge on any atom is 0.319 e. The number of hydrogen-bond donors (Lipinski definition) is 3. The highest BCUT2D eigenvalue weighted by atomic mass is 35.5. The molecule has 0 spiro atoms. The minimum Gasteiger partial charge on any atom is -0.376 e. The Bertz CT molecular complexity index is 609. The Balaban J connectivity index is 1.71. The summed E-state index contributed by atoms with van der Waals surface area (Å²) in [6, 6.07) is 4.60. The Kier molecular flexibility index (Phi) is 7.52. The second-order valence-corrected chi connectivity index (χ2v) is 6.83. The molecule has 3 amide bonds. The predicted molar refractivity (Wildman–Crippen MR) is 100 cm³/mol. The number of amides is 3. The number of rotatable bonds is 6. The van der Waals surface area contributed by atoms with Gasteiger partial charge in [-0.1, -0.05) is 31.4 Å². The van der Waals surface area contributed by atoms with Gasteiger partial charge >= 0.3 is 6.03 Å². The average Bonchev–Trinajstić information content (AvgIpc) is 2.55. The van der Waals surface area contributed by atoms with Crippen LogP contribution in [-0.2, 0) is 9.53 Å². The van der Waals surface area contributed by atoms with Crippen LogP contribution in [0.15, 0.2) is 18.2 Å². The van der Waals surface area contributed by atoms with Crippen LogP contribution in [0.1, 0.15) is 39.5 Å². The molecule has 0 saturated heterocycles. The van der Waals surface area contributed by atoms with Crippen molar-refractivity contribution in [1.82, 2.24) is 5.32 Å². The molecule has 0 heterocycles. The number of benzene rings is 1. The monoisotopic (exact) mass is 367 g/mol. The molecule has 7 heteroatoms. The van der Waals surface area contributed by atoms with Crippen LogP contribution in [0.25, 0.3) is 0 Å². The molecule has 0 aliphatic heterocycles. The van der Waals surface area contributed by atoms with E-state index in [1.807, 2.05) is 0 Å². The lowest BCUT2D eigenvalue weighted by Gasteiger charge is -2.28. The largest absolute Gasteiger partial charge is 0.376 e. The van der Waals surface area contributed by atoms with Gasteiger partial charge in [0, 0.05) is 19.2 Å². The zero-order valence-corrected chi connectivity index (χ0v) is 15.5. The van der Waals surface area contributed by atoms with Crippen LogP contribution in [0.3, 0.4) is 0 Å². The topological polar surface area (TPSA) is 79.5 Å². The van der Waals surface area contributed by atoms with Crippen molar-refractivity contribution in [3.63, 3.8) is 0 Å². The van der Waals surface area contributed by atoms with E-state index in [4.69, 9.17) is 16.3 Å². The molecular formula is C18H26ClN3O3. The van der Waals surface area contributed by atoms with Crippen LogP contribution in [0, 0.1) is 5.92 Å². The third kappa shape index (κ3) is 6.55. The number of hydrogen-bond acceptors (Lipinski definition) is 3. The molecule has 1 aromatic carbocycles.